The lowest BCUT2D eigenvalue weighted by atomic mass is 10.1. The summed E-state index contributed by atoms with van der Waals surface area (Å²) < 4.78 is 5.81. The predicted octanol–water partition coefficient (Wildman–Crippen LogP) is 2.96. The van der Waals surface area contributed by atoms with Crippen LogP contribution in [0.5, 0.6) is 5.75 Å². The number of benzene rings is 1. The van der Waals surface area contributed by atoms with E-state index < -0.39 is 0 Å². The molecule has 0 saturated heterocycles. The lowest BCUT2D eigenvalue weighted by molar-refractivity contribution is 0.193. The van der Waals surface area contributed by atoms with Crippen LogP contribution in [-0.2, 0) is 6.54 Å². The Bertz CT molecular complexity index is 296. The van der Waals surface area contributed by atoms with E-state index in [0.717, 1.165) is 17.7 Å². The maximum atomic E-state index is 5.81. The standard InChI is InChI=1S/C13H21NO/c1-10(2)7-11(3)15-13-6-4-5-12(8-13)9-14/h4-6,8,10-11H,7,9,14H2,1-3H3. The highest BCUT2D eigenvalue weighted by molar-refractivity contribution is 5.28. The molecule has 0 aliphatic carbocycles. The van der Waals surface area contributed by atoms with E-state index in [9.17, 15) is 0 Å². The van der Waals surface area contributed by atoms with Gasteiger partial charge in [-0.15, -0.1) is 0 Å². The zero-order chi connectivity index (χ0) is 11.3. The first kappa shape index (κ1) is 12.1. The zero-order valence-corrected chi connectivity index (χ0v) is 9.86. The van der Waals surface area contributed by atoms with Gasteiger partial charge in [-0.3, -0.25) is 0 Å². The molecular formula is C13H21NO. The second-order valence-corrected chi connectivity index (χ2v) is 4.41. The Balaban J connectivity index is 2.55. The smallest absolute Gasteiger partial charge is 0.120 e. The topological polar surface area (TPSA) is 35.2 Å². The summed E-state index contributed by atoms with van der Waals surface area (Å²) in [7, 11) is 0. The Kier molecular flexibility index (Phi) is 4.63. The fourth-order valence-electron chi connectivity index (χ4n) is 1.69. The van der Waals surface area contributed by atoms with Crippen LogP contribution in [0.2, 0.25) is 0 Å². The Morgan fingerprint density at radius 2 is 2.00 bits per heavy atom. The molecule has 1 rings (SSSR count). The summed E-state index contributed by atoms with van der Waals surface area (Å²) in [5, 5.41) is 0. The fourth-order valence-corrected chi connectivity index (χ4v) is 1.69. The molecule has 1 aromatic carbocycles. The molecular weight excluding hydrogens is 186 g/mol. The Labute approximate surface area is 92.4 Å². The molecule has 1 aromatic rings. The maximum absolute atomic E-state index is 5.81. The van der Waals surface area contributed by atoms with Crippen LogP contribution in [0, 0.1) is 5.92 Å². The van der Waals surface area contributed by atoms with Gasteiger partial charge in [-0.2, -0.15) is 0 Å². The lowest BCUT2D eigenvalue weighted by Crippen LogP contribution is -2.14. The van der Waals surface area contributed by atoms with Crippen molar-refractivity contribution in [3.63, 3.8) is 0 Å². The Morgan fingerprint density at radius 1 is 1.27 bits per heavy atom. The van der Waals surface area contributed by atoms with Gasteiger partial charge in [-0.1, -0.05) is 26.0 Å². The minimum atomic E-state index is 0.262. The molecule has 0 aromatic heterocycles. The highest BCUT2D eigenvalue weighted by Crippen LogP contribution is 2.17. The van der Waals surface area contributed by atoms with Gasteiger partial charge in [0.05, 0.1) is 6.10 Å². The van der Waals surface area contributed by atoms with E-state index in [0.29, 0.717) is 12.5 Å². The molecule has 0 radical (unpaired) electrons. The Hall–Kier alpha value is -1.02. The van der Waals surface area contributed by atoms with Crippen molar-refractivity contribution in [3.05, 3.63) is 29.8 Å². The molecule has 0 amide bonds. The third kappa shape index (κ3) is 4.34. The van der Waals surface area contributed by atoms with Crippen LogP contribution in [0.3, 0.4) is 0 Å². The van der Waals surface area contributed by atoms with Crippen LogP contribution < -0.4 is 10.5 Å². The molecule has 1 unspecified atom stereocenters. The molecule has 0 fully saturated rings. The van der Waals surface area contributed by atoms with Crippen molar-refractivity contribution in [2.75, 3.05) is 0 Å². The van der Waals surface area contributed by atoms with E-state index in [2.05, 4.69) is 20.8 Å². The molecule has 1 atom stereocenters. The summed E-state index contributed by atoms with van der Waals surface area (Å²) in [6, 6.07) is 7.99. The number of ether oxygens (including phenoxy) is 1. The first-order chi connectivity index (χ1) is 7.11. The third-order valence-electron chi connectivity index (χ3n) is 2.27. The number of rotatable bonds is 5. The monoisotopic (exact) mass is 207 g/mol. The maximum Gasteiger partial charge on any atom is 0.120 e. The molecule has 0 saturated carbocycles. The molecule has 84 valence electrons. The van der Waals surface area contributed by atoms with Crippen LogP contribution in [0.25, 0.3) is 0 Å². The van der Waals surface area contributed by atoms with E-state index in [-0.39, 0.29) is 6.10 Å². The van der Waals surface area contributed by atoms with Gasteiger partial charge < -0.3 is 10.5 Å². The summed E-state index contributed by atoms with van der Waals surface area (Å²) >= 11 is 0. The van der Waals surface area contributed by atoms with Gasteiger partial charge in [0.15, 0.2) is 0 Å². The minimum Gasteiger partial charge on any atom is -0.491 e. The van der Waals surface area contributed by atoms with Crippen molar-refractivity contribution < 1.29 is 4.74 Å². The predicted molar refractivity (Wildman–Crippen MR) is 63.9 cm³/mol. The third-order valence-corrected chi connectivity index (χ3v) is 2.27. The van der Waals surface area contributed by atoms with Gasteiger partial charge in [-0.05, 0) is 37.0 Å². The highest BCUT2D eigenvalue weighted by atomic mass is 16.5. The average molecular weight is 207 g/mol. The molecule has 2 N–H and O–H groups in total. The molecule has 2 heteroatoms. The molecule has 0 heterocycles. The summed E-state index contributed by atoms with van der Waals surface area (Å²) in [6.07, 6.45) is 1.34. The van der Waals surface area contributed by atoms with Crippen LogP contribution in [0.1, 0.15) is 32.8 Å². The second-order valence-electron chi connectivity index (χ2n) is 4.41. The largest absolute Gasteiger partial charge is 0.491 e. The fraction of sp³-hybridized carbons (Fsp3) is 0.538. The molecule has 2 nitrogen and oxygen atoms in total. The van der Waals surface area contributed by atoms with E-state index >= 15 is 0 Å². The first-order valence-electron chi connectivity index (χ1n) is 5.57. The van der Waals surface area contributed by atoms with Crippen LogP contribution >= 0.6 is 0 Å². The second kappa shape index (κ2) is 5.76. The number of hydrogen-bond acceptors (Lipinski definition) is 2. The zero-order valence-electron chi connectivity index (χ0n) is 9.86. The van der Waals surface area contributed by atoms with Crippen molar-refractivity contribution in [2.24, 2.45) is 11.7 Å². The van der Waals surface area contributed by atoms with E-state index in [4.69, 9.17) is 10.5 Å². The first-order valence-corrected chi connectivity index (χ1v) is 5.57. The Morgan fingerprint density at radius 3 is 2.60 bits per heavy atom. The quantitative estimate of drug-likeness (QED) is 0.805. The van der Waals surface area contributed by atoms with E-state index in [1.54, 1.807) is 0 Å². The molecule has 0 aliphatic heterocycles. The number of hydrogen-bond donors (Lipinski definition) is 1. The summed E-state index contributed by atoms with van der Waals surface area (Å²) in [5.41, 5.74) is 6.69. The summed E-state index contributed by atoms with van der Waals surface area (Å²) in [5.74, 6) is 1.59. The summed E-state index contributed by atoms with van der Waals surface area (Å²) in [4.78, 5) is 0. The average Bonchev–Trinajstić information content (AvgIpc) is 2.16. The van der Waals surface area contributed by atoms with Crippen molar-refractivity contribution in [2.45, 2.75) is 39.8 Å². The van der Waals surface area contributed by atoms with Gasteiger partial charge in [0.2, 0.25) is 0 Å². The highest BCUT2D eigenvalue weighted by Gasteiger charge is 2.06. The van der Waals surface area contributed by atoms with Crippen LogP contribution in [-0.4, -0.2) is 6.10 Å². The van der Waals surface area contributed by atoms with Crippen molar-refractivity contribution in [1.82, 2.24) is 0 Å². The van der Waals surface area contributed by atoms with Gasteiger partial charge in [-0.25, -0.2) is 0 Å². The molecule has 15 heavy (non-hydrogen) atoms. The normalized spacial score (nSPS) is 12.9. The molecule has 0 aliphatic rings. The van der Waals surface area contributed by atoms with Gasteiger partial charge in [0, 0.05) is 6.54 Å². The van der Waals surface area contributed by atoms with Crippen molar-refractivity contribution >= 4 is 0 Å². The molecule has 0 bridgehead atoms. The van der Waals surface area contributed by atoms with Crippen LogP contribution in [0.4, 0.5) is 0 Å². The molecule has 0 spiro atoms. The minimum absolute atomic E-state index is 0.262. The summed E-state index contributed by atoms with van der Waals surface area (Å²) in [6.45, 7) is 7.08. The van der Waals surface area contributed by atoms with Crippen molar-refractivity contribution in [1.29, 1.82) is 0 Å². The van der Waals surface area contributed by atoms with Gasteiger partial charge in [0.1, 0.15) is 5.75 Å². The lowest BCUT2D eigenvalue weighted by Gasteiger charge is -2.16. The van der Waals surface area contributed by atoms with Crippen molar-refractivity contribution in [3.8, 4) is 5.75 Å². The van der Waals surface area contributed by atoms with E-state index in [1.807, 2.05) is 24.3 Å². The van der Waals surface area contributed by atoms with E-state index in [1.165, 1.54) is 0 Å². The van der Waals surface area contributed by atoms with Gasteiger partial charge in [0.25, 0.3) is 0 Å². The van der Waals surface area contributed by atoms with Gasteiger partial charge >= 0.3 is 0 Å². The van der Waals surface area contributed by atoms with Crippen LogP contribution in [0.15, 0.2) is 24.3 Å². The SMILES string of the molecule is CC(C)CC(C)Oc1cccc(CN)c1. The number of nitrogens with two attached hydrogens (primary N) is 1.